The van der Waals surface area contributed by atoms with Crippen LogP contribution in [0.2, 0.25) is 4.34 Å². The van der Waals surface area contributed by atoms with Crippen LogP contribution in [-0.2, 0) is 5.41 Å². The molecule has 1 aliphatic carbocycles. The van der Waals surface area contributed by atoms with E-state index >= 15 is 0 Å². The second-order valence-electron chi connectivity index (χ2n) is 3.98. The second kappa shape index (κ2) is 3.26. The van der Waals surface area contributed by atoms with Gasteiger partial charge in [0, 0.05) is 10.3 Å². The Kier molecular flexibility index (Phi) is 2.39. The van der Waals surface area contributed by atoms with Gasteiger partial charge in [0.25, 0.3) is 0 Å². The highest BCUT2D eigenvalue weighted by Gasteiger charge is 2.51. The summed E-state index contributed by atoms with van der Waals surface area (Å²) in [7, 11) is 2.01. The van der Waals surface area contributed by atoms with Crippen LogP contribution in [-0.4, -0.2) is 13.6 Å². The molecule has 0 aliphatic heterocycles. The fourth-order valence-corrected chi connectivity index (χ4v) is 3.20. The maximum absolute atomic E-state index is 5.92. The van der Waals surface area contributed by atoms with Gasteiger partial charge in [-0.3, -0.25) is 0 Å². The van der Waals surface area contributed by atoms with E-state index in [1.807, 2.05) is 13.1 Å². The zero-order valence-electron chi connectivity index (χ0n) is 7.93. The van der Waals surface area contributed by atoms with Crippen molar-refractivity contribution in [1.82, 2.24) is 5.32 Å². The van der Waals surface area contributed by atoms with Crippen LogP contribution in [0.25, 0.3) is 0 Å². The van der Waals surface area contributed by atoms with Crippen LogP contribution in [0, 0.1) is 5.92 Å². The predicted molar refractivity (Wildman–Crippen MR) is 58.7 cm³/mol. The number of nitrogens with one attached hydrogen (secondary N) is 1. The Bertz CT molecular complexity index is 310. The van der Waals surface area contributed by atoms with Gasteiger partial charge < -0.3 is 5.32 Å². The third-order valence-corrected chi connectivity index (χ3v) is 4.51. The normalized spacial score (nSPS) is 32.1. The zero-order chi connectivity index (χ0) is 9.47. The standard InChI is InChI=1S/C10H14ClNS/c1-10(5-7(10)6-12-2)8-3-4-9(11)13-8/h3-4,7,12H,5-6H2,1-2H3. The van der Waals surface area contributed by atoms with Gasteiger partial charge in [0.05, 0.1) is 4.34 Å². The Labute approximate surface area is 88.1 Å². The number of hydrogen-bond acceptors (Lipinski definition) is 2. The molecule has 0 spiro atoms. The van der Waals surface area contributed by atoms with Crippen molar-refractivity contribution in [2.75, 3.05) is 13.6 Å². The van der Waals surface area contributed by atoms with Gasteiger partial charge in [0.1, 0.15) is 0 Å². The number of thiophene rings is 1. The fourth-order valence-electron chi connectivity index (χ4n) is 1.92. The van der Waals surface area contributed by atoms with E-state index in [0.717, 1.165) is 16.8 Å². The van der Waals surface area contributed by atoms with Crippen molar-refractivity contribution < 1.29 is 0 Å². The summed E-state index contributed by atoms with van der Waals surface area (Å²) < 4.78 is 0.909. The lowest BCUT2D eigenvalue weighted by Gasteiger charge is -2.07. The molecule has 0 aromatic carbocycles. The number of halogens is 1. The number of rotatable bonds is 3. The van der Waals surface area contributed by atoms with E-state index in [2.05, 4.69) is 18.3 Å². The lowest BCUT2D eigenvalue weighted by atomic mass is 10.0. The first-order valence-corrected chi connectivity index (χ1v) is 5.76. The van der Waals surface area contributed by atoms with E-state index in [9.17, 15) is 0 Å². The minimum atomic E-state index is 0.404. The minimum absolute atomic E-state index is 0.404. The van der Waals surface area contributed by atoms with Crippen molar-refractivity contribution >= 4 is 22.9 Å². The van der Waals surface area contributed by atoms with Crippen LogP contribution in [0.15, 0.2) is 12.1 Å². The van der Waals surface area contributed by atoms with E-state index < -0.39 is 0 Å². The summed E-state index contributed by atoms with van der Waals surface area (Å²) in [5.74, 6) is 0.798. The van der Waals surface area contributed by atoms with Crippen molar-refractivity contribution in [2.24, 2.45) is 5.92 Å². The highest BCUT2D eigenvalue weighted by molar-refractivity contribution is 7.16. The summed E-state index contributed by atoms with van der Waals surface area (Å²) in [6.07, 6.45) is 1.30. The smallest absolute Gasteiger partial charge is 0.0931 e. The maximum atomic E-state index is 5.92. The quantitative estimate of drug-likeness (QED) is 0.818. The van der Waals surface area contributed by atoms with Crippen molar-refractivity contribution in [3.05, 3.63) is 21.3 Å². The second-order valence-corrected chi connectivity index (χ2v) is 5.70. The third kappa shape index (κ3) is 1.63. The monoisotopic (exact) mass is 215 g/mol. The molecule has 1 fully saturated rings. The lowest BCUT2D eigenvalue weighted by molar-refractivity contribution is 0.624. The maximum Gasteiger partial charge on any atom is 0.0931 e. The molecule has 2 unspecified atom stereocenters. The molecule has 0 amide bonds. The highest BCUT2D eigenvalue weighted by Crippen LogP contribution is 2.55. The molecule has 1 nitrogen and oxygen atoms in total. The Morgan fingerprint density at radius 1 is 1.69 bits per heavy atom. The molecule has 0 radical (unpaired) electrons. The predicted octanol–water partition coefficient (Wildman–Crippen LogP) is 2.90. The summed E-state index contributed by atoms with van der Waals surface area (Å²) >= 11 is 7.65. The van der Waals surface area contributed by atoms with Gasteiger partial charge in [-0.05, 0) is 38.1 Å². The minimum Gasteiger partial charge on any atom is -0.319 e. The Hall–Kier alpha value is -0.0500. The summed E-state index contributed by atoms with van der Waals surface area (Å²) in [6, 6.07) is 4.17. The van der Waals surface area contributed by atoms with E-state index in [4.69, 9.17) is 11.6 Å². The Balaban J connectivity index is 2.11. The van der Waals surface area contributed by atoms with Crippen molar-refractivity contribution in [3.63, 3.8) is 0 Å². The van der Waals surface area contributed by atoms with Crippen molar-refractivity contribution in [2.45, 2.75) is 18.8 Å². The zero-order valence-corrected chi connectivity index (χ0v) is 9.50. The van der Waals surface area contributed by atoms with Crippen LogP contribution < -0.4 is 5.32 Å². The average molecular weight is 216 g/mol. The molecular weight excluding hydrogens is 202 g/mol. The van der Waals surface area contributed by atoms with Crippen LogP contribution in [0.3, 0.4) is 0 Å². The van der Waals surface area contributed by atoms with Gasteiger partial charge >= 0.3 is 0 Å². The van der Waals surface area contributed by atoms with Gasteiger partial charge in [-0.2, -0.15) is 0 Å². The molecule has 2 rings (SSSR count). The molecule has 1 aromatic heterocycles. The first-order valence-electron chi connectivity index (χ1n) is 4.57. The molecule has 72 valence electrons. The van der Waals surface area contributed by atoms with Gasteiger partial charge in [-0.25, -0.2) is 0 Å². The largest absolute Gasteiger partial charge is 0.319 e. The van der Waals surface area contributed by atoms with Gasteiger partial charge in [0.2, 0.25) is 0 Å². The first kappa shape index (κ1) is 9.50. The van der Waals surface area contributed by atoms with Gasteiger partial charge in [0.15, 0.2) is 0 Å². The molecule has 0 saturated heterocycles. The van der Waals surface area contributed by atoms with Crippen LogP contribution in [0.1, 0.15) is 18.2 Å². The molecule has 1 N–H and O–H groups in total. The molecule has 1 aliphatic rings. The average Bonchev–Trinajstić information content (AvgIpc) is 2.57. The molecule has 2 atom stereocenters. The molecule has 13 heavy (non-hydrogen) atoms. The highest BCUT2D eigenvalue weighted by atomic mass is 35.5. The van der Waals surface area contributed by atoms with Gasteiger partial charge in [-0.15, -0.1) is 11.3 Å². The first-order chi connectivity index (χ1) is 6.16. The van der Waals surface area contributed by atoms with Gasteiger partial charge in [-0.1, -0.05) is 18.5 Å². The molecule has 1 aromatic rings. The van der Waals surface area contributed by atoms with Crippen LogP contribution in [0.5, 0.6) is 0 Å². The molecule has 1 heterocycles. The van der Waals surface area contributed by atoms with E-state index in [1.165, 1.54) is 11.3 Å². The van der Waals surface area contributed by atoms with Crippen molar-refractivity contribution in [1.29, 1.82) is 0 Å². The topological polar surface area (TPSA) is 12.0 Å². The van der Waals surface area contributed by atoms with E-state index in [1.54, 1.807) is 11.3 Å². The van der Waals surface area contributed by atoms with Crippen LogP contribution in [0.4, 0.5) is 0 Å². The van der Waals surface area contributed by atoms with Crippen molar-refractivity contribution in [3.8, 4) is 0 Å². The molecule has 3 heteroatoms. The Morgan fingerprint density at radius 2 is 2.46 bits per heavy atom. The van der Waals surface area contributed by atoms with Crippen LogP contribution >= 0.6 is 22.9 Å². The lowest BCUT2D eigenvalue weighted by Crippen LogP contribution is -2.14. The SMILES string of the molecule is CNCC1CC1(C)c1ccc(Cl)s1. The Morgan fingerprint density at radius 3 is 3.00 bits per heavy atom. The summed E-state index contributed by atoms with van der Waals surface area (Å²) in [5, 5.41) is 3.23. The summed E-state index contributed by atoms with van der Waals surface area (Å²) in [5.41, 5.74) is 0.404. The summed E-state index contributed by atoms with van der Waals surface area (Å²) in [4.78, 5) is 1.44. The summed E-state index contributed by atoms with van der Waals surface area (Å²) in [6.45, 7) is 3.45. The third-order valence-electron chi connectivity index (χ3n) is 3.00. The fraction of sp³-hybridized carbons (Fsp3) is 0.600. The molecule has 0 bridgehead atoms. The number of hydrogen-bond donors (Lipinski definition) is 1. The molecular formula is C10H14ClNS. The van der Waals surface area contributed by atoms with E-state index in [0.29, 0.717) is 5.41 Å². The molecule has 1 saturated carbocycles. The van der Waals surface area contributed by atoms with E-state index in [-0.39, 0.29) is 0 Å².